The zero-order chi connectivity index (χ0) is 15.5. The zero-order valence-electron chi connectivity index (χ0n) is 13.0. The van der Waals surface area contributed by atoms with Gasteiger partial charge in [-0.3, -0.25) is 0 Å². The van der Waals surface area contributed by atoms with E-state index in [0.29, 0.717) is 35.6 Å². The van der Waals surface area contributed by atoms with Gasteiger partial charge in [0.15, 0.2) is 0 Å². The summed E-state index contributed by atoms with van der Waals surface area (Å²) in [5, 5.41) is 3.13. The molecule has 0 amide bonds. The summed E-state index contributed by atoms with van der Waals surface area (Å²) >= 11 is 0. The standard InChI is InChI=1S/C15H25N3O2S/c1-4-6-16-15-9-14(5-7-17-15)21(19,20)18-10-12(2)8-13(3)11-18/h5,7,9,12-13H,4,6,8,10-11H2,1-3H3,(H,16,17). The van der Waals surface area contributed by atoms with Crippen LogP contribution in [0.1, 0.15) is 33.6 Å². The summed E-state index contributed by atoms with van der Waals surface area (Å²) in [5.74, 6) is 1.43. The van der Waals surface area contributed by atoms with Gasteiger partial charge in [-0.15, -0.1) is 0 Å². The Hall–Kier alpha value is -1.14. The third-order valence-corrected chi connectivity index (χ3v) is 5.59. The first-order valence-corrected chi connectivity index (χ1v) is 9.07. The summed E-state index contributed by atoms with van der Waals surface area (Å²) in [6, 6.07) is 3.21. The van der Waals surface area contributed by atoms with E-state index < -0.39 is 10.0 Å². The van der Waals surface area contributed by atoms with Crippen molar-refractivity contribution in [2.75, 3.05) is 25.0 Å². The number of anilines is 1. The second-order valence-electron chi connectivity index (χ2n) is 6.07. The number of rotatable bonds is 5. The molecular weight excluding hydrogens is 286 g/mol. The maximum Gasteiger partial charge on any atom is 0.243 e. The van der Waals surface area contributed by atoms with E-state index in [-0.39, 0.29) is 0 Å². The van der Waals surface area contributed by atoms with Crippen molar-refractivity contribution < 1.29 is 8.42 Å². The number of aromatic nitrogens is 1. The van der Waals surface area contributed by atoms with Crippen molar-refractivity contribution in [2.45, 2.75) is 38.5 Å². The summed E-state index contributed by atoms with van der Waals surface area (Å²) < 4.78 is 27.2. The topological polar surface area (TPSA) is 62.3 Å². The third kappa shape index (κ3) is 3.95. The number of nitrogens with one attached hydrogen (secondary N) is 1. The normalized spacial score (nSPS) is 24.0. The van der Waals surface area contributed by atoms with Crippen molar-refractivity contribution in [1.29, 1.82) is 0 Å². The van der Waals surface area contributed by atoms with E-state index in [2.05, 4.69) is 31.1 Å². The van der Waals surface area contributed by atoms with Crippen molar-refractivity contribution in [3.05, 3.63) is 18.3 Å². The quantitative estimate of drug-likeness (QED) is 0.908. The molecular formula is C15H25N3O2S. The van der Waals surface area contributed by atoms with E-state index in [1.54, 1.807) is 22.6 Å². The van der Waals surface area contributed by atoms with E-state index in [9.17, 15) is 8.42 Å². The number of piperidine rings is 1. The molecule has 2 unspecified atom stereocenters. The lowest BCUT2D eigenvalue weighted by molar-refractivity contribution is 0.222. The molecule has 1 aromatic rings. The lowest BCUT2D eigenvalue weighted by Gasteiger charge is -2.34. The first-order valence-electron chi connectivity index (χ1n) is 7.63. The SMILES string of the molecule is CCCNc1cc(S(=O)(=O)N2CC(C)CC(C)C2)ccn1. The Bertz CT molecular complexity index is 564. The highest BCUT2D eigenvalue weighted by atomic mass is 32.2. The van der Waals surface area contributed by atoms with Crippen LogP contribution in [0.15, 0.2) is 23.2 Å². The highest BCUT2D eigenvalue weighted by Crippen LogP contribution is 2.27. The Morgan fingerprint density at radius 3 is 2.62 bits per heavy atom. The second-order valence-corrected chi connectivity index (χ2v) is 8.01. The Labute approximate surface area is 127 Å². The molecule has 21 heavy (non-hydrogen) atoms. The van der Waals surface area contributed by atoms with E-state index in [4.69, 9.17) is 0 Å². The van der Waals surface area contributed by atoms with Gasteiger partial charge in [-0.05, 0) is 30.7 Å². The van der Waals surface area contributed by atoms with Crippen molar-refractivity contribution in [3.8, 4) is 0 Å². The minimum Gasteiger partial charge on any atom is -0.370 e. The van der Waals surface area contributed by atoms with E-state index in [1.165, 1.54) is 0 Å². The lowest BCUT2D eigenvalue weighted by Crippen LogP contribution is -2.42. The molecule has 1 aliphatic heterocycles. The molecule has 2 atom stereocenters. The smallest absolute Gasteiger partial charge is 0.243 e. The lowest BCUT2D eigenvalue weighted by atomic mass is 9.94. The molecule has 2 rings (SSSR count). The van der Waals surface area contributed by atoms with Crippen LogP contribution in [-0.4, -0.2) is 37.3 Å². The van der Waals surface area contributed by atoms with Crippen LogP contribution in [0.5, 0.6) is 0 Å². The predicted molar refractivity (Wildman–Crippen MR) is 84.7 cm³/mol. The largest absolute Gasteiger partial charge is 0.370 e. The average Bonchev–Trinajstić information content (AvgIpc) is 2.44. The summed E-state index contributed by atoms with van der Waals surface area (Å²) in [7, 11) is -3.42. The fourth-order valence-corrected chi connectivity index (χ4v) is 4.57. The molecule has 0 bridgehead atoms. The molecule has 118 valence electrons. The average molecular weight is 311 g/mol. The Morgan fingerprint density at radius 2 is 2.00 bits per heavy atom. The van der Waals surface area contributed by atoms with E-state index in [0.717, 1.165) is 19.4 Å². The molecule has 0 aliphatic carbocycles. The Morgan fingerprint density at radius 1 is 1.33 bits per heavy atom. The highest BCUT2D eigenvalue weighted by Gasteiger charge is 2.31. The van der Waals surface area contributed by atoms with Crippen molar-refractivity contribution >= 4 is 15.8 Å². The van der Waals surface area contributed by atoms with E-state index >= 15 is 0 Å². The fraction of sp³-hybridized carbons (Fsp3) is 0.667. The van der Waals surface area contributed by atoms with Gasteiger partial charge < -0.3 is 5.32 Å². The maximum atomic E-state index is 12.8. The van der Waals surface area contributed by atoms with Crippen LogP contribution < -0.4 is 5.32 Å². The summed E-state index contributed by atoms with van der Waals surface area (Å²) in [6.07, 6.45) is 3.62. The van der Waals surface area contributed by atoms with Crippen LogP contribution in [0.2, 0.25) is 0 Å². The molecule has 1 N–H and O–H groups in total. The summed E-state index contributed by atoms with van der Waals surface area (Å²) in [6.45, 7) is 8.27. The van der Waals surface area contributed by atoms with Crippen LogP contribution in [0, 0.1) is 11.8 Å². The molecule has 1 fully saturated rings. The molecule has 0 saturated carbocycles. The van der Waals surface area contributed by atoms with Gasteiger partial charge >= 0.3 is 0 Å². The van der Waals surface area contributed by atoms with Gasteiger partial charge in [0.1, 0.15) is 5.82 Å². The maximum absolute atomic E-state index is 12.8. The second kappa shape index (κ2) is 6.75. The van der Waals surface area contributed by atoms with Crippen molar-refractivity contribution in [2.24, 2.45) is 11.8 Å². The van der Waals surface area contributed by atoms with Gasteiger partial charge in [0.05, 0.1) is 4.90 Å². The van der Waals surface area contributed by atoms with Crippen LogP contribution >= 0.6 is 0 Å². The molecule has 2 heterocycles. The van der Waals surface area contributed by atoms with Crippen molar-refractivity contribution in [1.82, 2.24) is 9.29 Å². The zero-order valence-corrected chi connectivity index (χ0v) is 13.9. The summed E-state index contributed by atoms with van der Waals surface area (Å²) in [5.41, 5.74) is 0. The fourth-order valence-electron chi connectivity index (χ4n) is 2.87. The van der Waals surface area contributed by atoms with Gasteiger partial charge in [0.2, 0.25) is 10.0 Å². The minimum atomic E-state index is -3.42. The first-order chi connectivity index (χ1) is 9.93. The molecule has 0 spiro atoms. The number of nitrogens with zero attached hydrogens (tertiary/aromatic N) is 2. The first kappa shape index (κ1) is 16.2. The van der Waals surface area contributed by atoms with Gasteiger partial charge in [0.25, 0.3) is 0 Å². The number of sulfonamides is 1. The Balaban J connectivity index is 2.22. The van der Waals surface area contributed by atoms with Crippen molar-refractivity contribution in [3.63, 3.8) is 0 Å². The Kier molecular flexibility index (Phi) is 5.22. The molecule has 1 saturated heterocycles. The minimum absolute atomic E-state index is 0.331. The molecule has 0 aromatic carbocycles. The number of hydrogen-bond donors (Lipinski definition) is 1. The summed E-state index contributed by atoms with van der Waals surface area (Å²) in [4.78, 5) is 4.50. The van der Waals surface area contributed by atoms with Gasteiger partial charge in [-0.2, -0.15) is 4.31 Å². The monoisotopic (exact) mass is 311 g/mol. The van der Waals surface area contributed by atoms with Crippen LogP contribution in [0.4, 0.5) is 5.82 Å². The van der Waals surface area contributed by atoms with Crippen LogP contribution in [0.3, 0.4) is 0 Å². The van der Waals surface area contributed by atoms with Crippen LogP contribution in [-0.2, 0) is 10.0 Å². The van der Waals surface area contributed by atoms with Gasteiger partial charge in [-0.25, -0.2) is 13.4 Å². The molecule has 1 aliphatic rings. The number of pyridine rings is 1. The van der Waals surface area contributed by atoms with Crippen LogP contribution in [0.25, 0.3) is 0 Å². The van der Waals surface area contributed by atoms with E-state index in [1.807, 2.05) is 0 Å². The molecule has 5 nitrogen and oxygen atoms in total. The third-order valence-electron chi connectivity index (χ3n) is 3.76. The number of hydrogen-bond acceptors (Lipinski definition) is 4. The molecule has 0 radical (unpaired) electrons. The highest BCUT2D eigenvalue weighted by molar-refractivity contribution is 7.89. The van der Waals surface area contributed by atoms with Gasteiger partial charge in [-0.1, -0.05) is 20.8 Å². The molecule has 6 heteroatoms. The van der Waals surface area contributed by atoms with Gasteiger partial charge in [0, 0.05) is 31.9 Å². The predicted octanol–water partition coefficient (Wildman–Crippen LogP) is 2.57. The molecule has 1 aromatic heterocycles.